The van der Waals surface area contributed by atoms with Crippen LogP contribution in [-0.4, -0.2) is 32.9 Å². The second kappa shape index (κ2) is 5.17. The van der Waals surface area contributed by atoms with Crippen LogP contribution in [0.2, 0.25) is 0 Å². The molecule has 0 spiro atoms. The monoisotopic (exact) mass is 260 g/mol. The van der Waals surface area contributed by atoms with Gasteiger partial charge in [-0.25, -0.2) is 4.52 Å². The normalized spacial score (nSPS) is 23.1. The van der Waals surface area contributed by atoms with Gasteiger partial charge >= 0.3 is 0 Å². The van der Waals surface area contributed by atoms with Gasteiger partial charge in [0.15, 0.2) is 5.65 Å². The highest BCUT2D eigenvalue weighted by molar-refractivity contribution is 5.45. The van der Waals surface area contributed by atoms with Crippen LogP contribution in [0.1, 0.15) is 24.8 Å². The van der Waals surface area contributed by atoms with E-state index in [0.29, 0.717) is 24.4 Å². The topological polar surface area (TPSA) is 62.5 Å². The van der Waals surface area contributed by atoms with E-state index >= 15 is 0 Å². The van der Waals surface area contributed by atoms with E-state index in [-0.39, 0.29) is 0 Å². The Hall–Kier alpha value is -1.62. The largest absolute Gasteiger partial charge is 0.396 e. The number of rotatable bonds is 4. The molecule has 1 saturated carbocycles. The second-order valence-electron chi connectivity index (χ2n) is 5.46. The van der Waals surface area contributed by atoms with Gasteiger partial charge in [-0.3, -0.25) is 0 Å². The number of hydrogen-bond acceptors (Lipinski definition) is 4. The highest BCUT2D eigenvalue weighted by Gasteiger charge is 2.26. The Balaban J connectivity index is 1.68. The van der Waals surface area contributed by atoms with Crippen molar-refractivity contribution < 1.29 is 5.11 Å². The lowest BCUT2D eigenvalue weighted by Gasteiger charge is -2.16. The van der Waals surface area contributed by atoms with Gasteiger partial charge in [-0.2, -0.15) is 4.98 Å². The van der Waals surface area contributed by atoms with Crippen LogP contribution in [0.5, 0.6) is 0 Å². The van der Waals surface area contributed by atoms with Crippen molar-refractivity contribution in [3.05, 3.63) is 23.9 Å². The van der Waals surface area contributed by atoms with Gasteiger partial charge in [-0.15, -0.1) is 5.10 Å². The van der Waals surface area contributed by atoms with Crippen molar-refractivity contribution >= 4 is 11.6 Å². The number of aliphatic hydroxyl groups excluding tert-OH is 1. The van der Waals surface area contributed by atoms with Gasteiger partial charge in [0.05, 0.1) is 0 Å². The van der Waals surface area contributed by atoms with Crippen molar-refractivity contribution in [2.45, 2.75) is 26.2 Å². The first kappa shape index (κ1) is 12.4. The summed E-state index contributed by atoms with van der Waals surface area (Å²) in [5.74, 6) is 1.65. The summed E-state index contributed by atoms with van der Waals surface area (Å²) in [6, 6.07) is 4.04. The molecule has 2 heterocycles. The summed E-state index contributed by atoms with van der Waals surface area (Å²) >= 11 is 0. The first-order chi connectivity index (χ1) is 9.26. The molecule has 0 aliphatic heterocycles. The van der Waals surface area contributed by atoms with Crippen molar-refractivity contribution in [2.75, 3.05) is 18.5 Å². The van der Waals surface area contributed by atoms with Crippen molar-refractivity contribution in [3.63, 3.8) is 0 Å². The third kappa shape index (κ3) is 2.56. The molecule has 0 bridgehead atoms. The van der Waals surface area contributed by atoms with Crippen LogP contribution >= 0.6 is 0 Å². The Morgan fingerprint density at radius 1 is 1.42 bits per heavy atom. The molecule has 5 heteroatoms. The molecular weight excluding hydrogens is 240 g/mol. The third-order valence-electron chi connectivity index (χ3n) is 4.07. The highest BCUT2D eigenvalue weighted by atomic mass is 16.3. The maximum atomic E-state index is 9.32. The average molecular weight is 260 g/mol. The summed E-state index contributed by atoms with van der Waals surface area (Å²) in [5.41, 5.74) is 2.05. The maximum absolute atomic E-state index is 9.32. The molecule has 0 saturated heterocycles. The first-order valence-electron chi connectivity index (χ1n) is 6.94. The zero-order chi connectivity index (χ0) is 13.2. The van der Waals surface area contributed by atoms with Gasteiger partial charge in [0, 0.05) is 19.3 Å². The van der Waals surface area contributed by atoms with Crippen LogP contribution in [0.25, 0.3) is 5.65 Å². The number of nitrogens with one attached hydrogen (secondary N) is 1. The molecule has 1 aliphatic carbocycles. The number of anilines is 1. The van der Waals surface area contributed by atoms with Crippen LogP contribution in [0, 0.1) is 18.8 Å². The fourth-order valence-electron chi connectivity index (χ4n) is 2.90. The van der Waals surface area contributed by atoms with E-state index in [1.807, 2.05) is 25.3 Å². The fourth-order valence-corrected chi connectivity index (χ4v) is 2.90. The quantitative estimate of drug-likeness (QED) is 0.880. The van der Waals surface area contributed by atoms with Crippen LogP contribution in [-0.2, 0) is 0 Å². The van der Waals surface area contributed by atoms with E-state index in [1.165, 1.54) is 18.4 Å². The van der Waals surface area contributed by atoms with Crippen molar-refractivity contribution in [2.24, 2.45) is 11.8 Å². The fraction of sp³-hybridized carbons (Fsp3) is 0.571. The Kier molecular flexibility index (Phi) is 3.38. The van der Waals surface area contributed by atoms with Gasteiger partial charge in [-0.1, -0.05) is 6.42 Å². The SMILES string of the molecule is Cc1ccn2nc(NCC3CCCC3CO)nc2c1. The standard InChI is InChI=1S/C14H20N4O/c1-10-5-6-18-13(7-10)16-14(17-18)15-8-11-3-2-4-12(11)9-19/h5-7,11-12,19H,2-4,8-9H2,1H3,(H,15,17). The minimum absolute atomic E-state index is 0.296. The molecule has 0 radical (unpaired) electrons. The van der Waals surface area contributed by atoms with Gasteiger partial charge < -0.3 is 10.4 Å². The molecule has 2 N–H and O–H groups in total. The predicted octanol–water partition coefficient (Wildman–Crippen LogP) is 1.86. The molecule has 3 rings (SSSR count). The number of fused-ring (bicyclic) bond motifs is 1. The summed E-state index contributed by atoms with van der Waals surface area (Å²) in [4.78, 5) is 4.46. The molecule has 2 aromatic rings. The number of pyridine rings is 1. The second-order valence-corrected chi connectivity index (χ2v) is 5.46. The summed E-state index contributed by atoms with van der Waals surface area (Å²) in [6.45, 7) is 3.19. The van der Waals surface area contributed by atoms with E-state index in [0.717, 1.165) is 18.6 Å². The van der Waals surface area contributed by atoms with E-state index in [9.17, 15) is 5.11 Å². The molecule has 0 amide bonds. The maximum Gasteiger partial charge on any atom is 0.243 e. The Morgan fingerprint density at radius 3 is 3.11 bits per heavy atom. The Labute approximate surface area is 112 Å². The average Bonchev–Trinajstić information content (AvgIpc) is 3.01. The van der Waals surface area contributed by atoms with Gasteiger partial charge in [-0.05, 0) is 49.3 Å². The molecule has 0 aromatic carbocycles. The molecular formula is C14H20N4O. The van der Waals surface area contributed by atoms with E-state index in [2.05, 4.69) is 15.4 Å². The van der Waals surface area contributed by atoms with E-state index in [4.69, 9.17) is 0 Å². The minimum atomic E-state index is 0.296. The number of aryl methyl sites for hydroxylation is 1. The molecule has 2 aromatic heterocycles. The summed E-state index contributed by atoms with van der Waals surface area (Å²) < 4.78 is 1.79. The Bertz CT molecular complexity index is 566. The van der Waals surface area contributed by atoms with E-state index in [1.54, 1.807) is 4.52 Å². The van der Waals surface area contributed by atoms with E-state index < -0.39 is 0 Å². The van der Waals surface area contributed by atoms with Gasteiger partial charge in [0.2, 0.25) is 5.95 Å². The zero-order valence-electron chi connectivity index (χ0n) is 11.2. The summed E-state index contributed by atoms with van der Waals surface area (Å²) in [5, 5.41) is 17.0. The lowest BCUT2D eigenvalue weighted by Crippen LogP contribution is -2.21. The lowest BCUT2D eigenvalue weighted by atomic mass is 9.97. The Morgan fingerprint density at radius 2 is 2.26 bits per heavy atom. The van der Waals surface area contributed by atoms with Crippen LogP contribution in [0.3, 0.4) is 0 Å². The smallest absolute Gasteiger partial charge is 0.243 e. The molecule has 2 unspecified atom stereocenters. The van der Waals surface area contributed by atoms with Crippen LogP contribution in [0.15, 0.2) is 18.3 Å². The van der Waals surface area contributed by atoms with Crippen molar-refractivity contribution in [1.82, 2.24) is 14.6 Å². The summed E-state index contributed by atoms with van der Waals surface area (Å²) in [6.07, 6.45) is 5.47. The molecule has 1 fully saturated rings. The van der Waals surface area contributed by atoms with Gasteiger partial charge in [0.1, 0.15) is 0 Å². The van der Waals surface area contributed by atoms with Crippen molar-refractivity contribution in [3.8, 4) is 0 Å². The molecule has 5 nitrogen and oxygen atoms in total. The number of hydrogen-bond donors (Lipinski definition) is 2. The number of aliphatic hydroxyl groups is 1. The summed E-state index contributed by atoms with van der Waals surface area (Å²) in [7, 11) is 0. The van der Waals surface area contributed by atoms with Crippen LogP contribution < -0.4 is 5.32 Å². The predicted molar refractivity (Wildman–Crippen MR) is 74.1 cm³/mol. The molecule has 102 valence electrons. The van der Waals surface area contributed by atoms with Crippen molar-refractivity contribution in [1.29, 1.82) is 0 Å². The molecule has 1 aliphatic rings. The van der Waals surface area contributed by atoms with Gasteiger partial charge in [0.25, 0.3) is 0 Å². The first-order valence-corrected chi connectivity index (χ1v) is 6.94. The zero-order valence-corrected chi connectivity index (χ0v) is 11.2. The third-order valence-corrected chi connectivity index (χ3v) is 4.07. The van der Waals surface area contributed by atoms with Crippen LogP contribution in [0.4, 0.5) is 5.95 Å². The molecule has 19 heavy (non-hydrogen) atoms. The highest BCUT2D eigenvalue weighted by Crippen LogP contribution is 2.31. The number of aromatic nitrogens is 3. The number of nitrogens with zero attached hydrogens (tertiary/aromatic N) is 3. The minimum Gasteiger partial charge on any atom is -0.396 e. The molecule has 2 atom stereocenters. The lowest BCUT2D eigenvalue weighted by molar-refractivity contribution is 0.199.